The maximum atomic E-state index is 12.1. The zero-order valence-electron chi connectivity index (χ0n) is 10.9. The Morgan fingerprint density at radius 3 is 2.75 bits per heavy atom. The highest BCUT2D eigenvalue weighted by atomic mass is 16.5. The van der Waals surface area contributed by atoms with Crippen LogP contribution in [-0.2, 0) is 0 Å². The molecule has 0 spiro atoms. The second kappa shape index (κ2) is 6.34. The topological polar surface area (TPSA) is 75.0 Å². The third-order valence-electron chi connectivity index (χ3n) is 2.78. The number of aromatic nitrogens is 1. The second-order valence-electron chi connectivity index (χ2n) is 4.05. The summed E-state index contributed by atoms with van der Waals surface area (Å²) in [5, 5.41) is 11.8. The van der Waals surface area contributed by atoms with E-state index in [9.17, 15) is 4.79 Å². The minimum absolute atomic E-state index is 0.327. The van der Waals surface area contributed by atoms with Gasteiger partial charge in [0.15, 0.2) is 0 Å². The van der Waals surface area contributed by atoms with Gasteiger partial charge in [-0.25, -0.2) is 0 Å². The van der Waals surface area contributed by atoms with Crippen molar-refractivity contribution in [2.45, 2.75) is 6.04 Å². The first-order valence-corrected chi connectivity index (χ1v) is 5.99. The fourth-order valence-electron chi connectivity index (χ4n) is 1.72. The van der Waals surface area contributed by atoms with Crippen LogP contribution in [0.25, 0.3) is 0 Å². The number of nitriles is 1. The number of hydrogen-bond acceptors (Lipinski definition) is 4. The molecule has 20 heavy (non-hydrogen) atoms. The van der Waals surface area contributed by atoms with E-state index in [2.05, 4.69) is 16.4 Å². The zero-order valence-corrected chi connectivity index (χ0v) is 10.9. The van der Waals surface area contributed by atoms with Crippen LogP contribution in [-0.4, -0.2) is 18.0 Å². The molecule has 0 aliphatic carbocycles. The number of carbonyl (C=O) groups excluding carboxylic acids is 1. The Bertz CT molecular complexity index is 635. The Morgan fingerprint density at radius 2 is 2.10 bits per heavy atom. The van der Waals surface area contributed by atoms with Crippen LogP contribution in [0.15, 0.2) is 48.8 Å². The molecule has 0 aliphatic rings. The number of ether oxygens (including phenoxy) is 1. The average molecular weight is 267 g/mol. The monoisotopic (exact) mass is 267 g/mol. The predicted molar refractivity (Wildman–Crippen MR) is 73.1 cm³/mol. The van der Waals surface area contributed by atoms with Gasteiger partial charge in [0.2, 0.25) is 0 Å². The van der Waals surface area contributed by atoms with E-state index in [1.807, 2.05) is 0 Å². The van der Waals surface area contributed by atoms with E-state index in [0.29, 0.717) is 16.9 Å². The van der Waals surface area contributed by atoms with Crippen LogP contribution in [0.4, 0.5) is 0 Å². The van der Waals surface area contributed by atoms with Gasteiger partial charge in [-0.2, -0.15) is 5.26 Å². The molecule has 1 aromatic heterocycles. The summed E-state index contributed by atoms with van der Waals surface area (Å²) in [5.41, 5.74) is 1.14. The first-order chi connectivity index (χ1) is 9.74. The quantitative estimate of drug-likeness (QED) is 0.920. The highest BCUT2D eigenvalue weighted by Crippen LogP contribution is 2.15. The number of benzene rings is 1. The fraction of sp³-hybridized carbons (Fsp3) is 0.133. The lowest BCUT2D eigenvalue weighted by Crippen LogP contribution is -2.27. The Morgan fingerprint density at radius 1 is 1.35 bits per heavy atom. The van der Waals surface area contributed by atoms with Crippen LogP contribution in [0, 0.1) is 11.3 Å². The van der Waals surface area contributed by atoms with E-state index in [1.165, 1.54) is 7.11 Å². The summed E-state index contributed by atoms with van der Waals surface area (Å²) in [7, 11) is 1.53. The molecule has 1 aromatic carbocycles. The van der Waals surface area contributed by atoms with Gasteiger partial charge in [-0.3, -0.25) is 9.78 Å². The molecule has 0 fully saturated rings. The van der Waals surface area contributed by atoms with Crippen molar-refractivity contribution in [2.24, 2.45) is 0 Å². The largest absolute Gasteiger partial charge is 0.497 e. The van der Waals surface area contributed by atoms with Crippen molar-refractivity contribution in [3.63, 3.8) is 0 Å². The van der Waals surface area contributed by atoms with Gasteiger partial charge in [-0.15, -0.1) is 0 Å². The standard InChI is InChI=1S/C15H13N3O2/c1-20-13-4-2-3-12(9-13)15(19)18-14(10-16)11-5-7-17-8-6-11/h2-9,14H,1H3,(H,18,19). The summed E-state index contributed by atoms with van der Waals surface area (Å²) in [6.45, 7) is 0. The van der Waals surface area contributed by atoms with Crippen LogP contribution in [0.3, 0.4) is 0 Å². The molecule has 0 saturated carbocycles. The summed E-state index contributed by atoms with van der Waals surface area (Å²) < 4.78 is 5.07. The maximum absolute atomic E-state index is 12.1. The first-order valence-electron chi connectivity index (χ1n) is 5.99. The lowest BCUT2D eigenvalue weighted by atomic mass is 10.1. The average Bonchev–Trinajstić information content (AvgIpc) is 2.53. The minimum Gasteiger partial charge on any atom is -0.497 e. The van der Waals surface area contributed by atoms with Gasteiger partial charge in [0, 0.05) is 18.0 Å². The van der Waals surface area contributed by atoms with Crippen LogP contribution in [0.5, 0.6) is 5.75 Å². The maximum Gasteiger partial charge on any atom is 0.252 e. The molecule has 0 bridgehead atoms. The van der Waals surface area contributed by atoms with Gasteiger partial charge >= 0.3 is 0 Å². The molecule has 2 aromatic rings. The lowest BCUT2D eigenvalue weighted by molar-refractivity contribution is 0.0945. The summed E-state index contributed by atoms with van der Waals surface area (Å²) in [5.74, 6) is 0.266. The second-order valence-corrected chi connectivity index (χ2v) is 4.05. The van der Waals surface area contributed by atoms with Crippen LogP contribution >= 0.6 is 0 Å². The number of rotatable bonds is 4. The normalized spacial score (nSPS) is 11.2. The third kappa shape index (κ3) is 3.12. The Kier molecular flexibility index (Phi) is 4.30. The summed E-state index contributed by atoms with van der Waals surface area (Å²) in [6, 6.07) is 11.5. The van der Waals surface area contributed by atoms with Crippen LogP contribution in [0.1, 0.15) is 22.0 Å². The SMILES string of the molecule is COc1cccc(C(=O)NC(C#N)c2ccncc2)c1. The van der Waals surface area contributed by atoms with E-state index in [4.69, 9.17) is 10.00 Å². The number of methoxy groups -OCH3 is 1. The van der Waals surface area contributed by atoms with Gasteiger partial charge in [0.1, 0.15) is 11.8 Å². The van der Waals surface area contributed by atoms with Gasteiger partial charge in [0.25, 0.3) is 5.91 Å². The van der Waals surface area contributed by atoms with E-state index in [-0.39, 0.29) is 5.91 Å². The third-order valence-corrected chi connectivity index (χ3v) is 2.78. The van der Waals surface area contributed by atoms with Crippen molar-refractivity contribution in [1.29, 1.82) is 5.26 Å². The van der Waals surface area contributed by atoms with Crippen molar-refractivity contribution in [3.05, 3.63) is 59.9 Å². The highest BCUT2D eigenvalue weighted by Gasteiger charge is 2.15. The smallest absolute Gasteiger partial charge is 0.252 e. The summed E-state index contributed by atoms with van der Waals surface area (Å²) >= 11 is 0. The molecule has 5 heteroatoms. The molecule has 0 radical (unpaired) electrons. The van der Waals surface area contributed by atoms with Crippen molar-refractivity contribution in [2.75, 3.05) is 7.11 Å². The van der Waals surface area contributed by atoms with E-state index < -0.39 is 6.04 Å². The number of nitrogens with zero attached hydrogens (tertiary/aromatic N) is 2. The van der Waals surface area contributed by atoms with Crippen molar-refractivity contribution in [1.82, 2.24) is 10.3 Å². The molecule has 1 unspecified atom stereocenters. The first kappa shape index (κ1) is 13.6. The van der Waals surface area contributed by atoms with Crippen molar-refractivity contribution >= 4 is 5.91 Å². The van der Waals surface area contributed by atoms with Gasteiger partial charge in [-0.05, 0) is 35.9 Å². The number of nitrogens with one attached hydrogen (secondary N) is 1. The molecule has 1 N–H and O–H groups in total. The minimum atomic E-state index is -0.711. The van der Waals surface area contributed by atoms with Crippen molar-refractivity contribution in [3.8, 4) is 11.8 Å². The molecule has 1 amide bonds. The lowest BCUT2D eigenvalue weighted by Gasteiger charge is -2.12. The molecule has 1 heterocycles. The zero-order chi connectivity index (χ0) is 14.4. The number of amides is 1. The van der Waals surface area contributed by atoms with E-state index in [1.54, 1.807) is 48.8 Å². The fourth-order valence-corrected chi connectivity index (χ4v) is 1.72. The van der Waals surface area contributed by atoms with Crippen molar-refractivity contribution < 1.29 is 9.53 Å². The molecule has 1 atom stereocenters. The number of carbonyl (C=O) groups is 1. The van der Waals surface area contributed by atoms with Gasteiger partial charge in [-0.1, -0.05) is 6.07 Å². The molecule has 5 nitrogen and oxygen atoms in total. The molecule has 2 rings (SSSR count). The van der Waals surface area contributed by atoms with Gasteiger partial charge in [0.05, 0.1) is 13.2 Å². The Hall–Kier alpha value is -2.87. The van der Waals surface area contributed by atoms with E-state index in [0.717, 1.165) is 0 Å². The summed E-state index contributed by atoms with van der Waals surface area (Å²) in [4.78, 5) is 16.0. The molecule has 0 aliphatic heterocycles. The highest BCUT2D eigenvalue weighted by molar-refractivity contribution is 5.95. The van der Waals surface area contributed by atoms with Gasteiger partial charge < -0.3 is 10.1 Å². The molecule has 0 saturated heterocycles. The number of pyridine rings is 1. The molecule has 100 valence electrons. The van der Waals surface area contributed by atoms with Crippen LogP contribution in [0.2, 0.25) is 0 Å². The predicted octanol–water partition coefficient (Wildman–Crippen LogP) is 2.08. The van der Waals surface area contributed by atoms with E-state index >= 15 is 0 Å². The molecular formula is C15H13N3O2. The Balaban J connectivity index is 2.16. The Labute approximate surface area is 116 Å². The van der Waals surface area contributed by atoms with Crippen LogP contribution < -0.4 is 10.1 Å². The summed E-state index contributed by atoms with van der Waals surface area (Å²) in [6.07, 6.45) is 3.16. The molecular weight excluding hydrogens is 254 g/mol. The number of hydrogen-bond donors (Lipinski definition) is 1.